The first-order valence-corrected chi connectivity index (χ1v) is 8.31. The molecule has 4 amide bonds. The number of carbonyl (C=O) groups excluding carboxylic acids is 3. The van der Waals surface area contributed by atoms with Crippen molar-refractivity contribution in [2.75, 3.05) is 25.5 Å². The second-order valence-corrected chi connectivity index (χ2v) is 6.69. The Morgan fingerprint density at radius 1 is 1.19 bits per heavy atom. The van der Waals surface area contributed by atoms with E-state index in [1.54, 1.807) is 13.0 Å². The normalized spacial score (nSPS) is 22.1. The van der Waals surface area contributed by atoms with Crippen molar-refractivity contribution in [2.24, 2.45) is 5.41 Å². The first-order valence-electron chi connectivity index (χ1n) is 8.31. The Morgan fingerprint density at radius 2 is 1.77 bits per heavy atom. The largest absolute Gasteiger partial charge is 0.367 e. The lowest BCUT2D eigenvalue weighted by molar-refractivity contribution is -0.384. The minimum atomic E-state index is -1.49. The highest BCUT2D eigenvalue weighted by molar-refractivity contribution is 6.20. The van der Waals surface area contributed by atoms with E-state index in [1.807, 2.05) is 11.8 Å². The van der Waals surface area contributed by atoms with Crippen LogP contribution >= 0.6 is 0 Å². The molecule has 0 bridgehead atoms. The number of imide groups is 2. The quantitative estimate of drug-likeness (QED) is 0.449. The van der Waals surface area contributed by atoms with E-state index in [4.69, 9.17) is 0 Å². The molecule has 0 aliphatic carbocycles. The predicted molar refractivity (Wildman–Crippen MR) is 92.7 cm³/mol. The molecule has 2 heterocycles. The Morgan fingerprint density at radius 3 is 2.27 bits per heavy atom. The minimum absolute atomic E-state index is 0.0152. The zero-order valence-electron chi connectivity index (χ0n) is 15.1. The molecule has 1 fully saturated rings. The SMILES string of the molecule is CCN1c2ccc([N+](=O)[O-])cc2CC2(C(=O)N(C)C(=O)N(C)C2=O)[C@@H]1C. The Balaban J connectivity index is 2.22. The van der Waals surface area contributed by atoms with Crippen molar-refractivity contribution < 1.29 is 19.3 Å². The summed E-state index contributed by atoms with van der Waals surface area (Å²) in [6, 6.07) is 3.29. The monoisotopic (exact) mass is 360 g/mol. The maximum Gasteiger partial charge on any atom is 0.332 e. The Bertz CT molecular complexity index is 812. The summed E-state index contributed by atoms with van der Waals surface area (Å²) >= 11 is 0. The number of hydrogen-bond acceptors (Lipinski definition) is 6. The number of amides is 4. The van der Waals surface area contributed by atoms with Crippen LogP contribution in [0.25, 0.3) is 0 Å². The van der Waals surface area contributed by atoms with Gasteiger partial charge in [0.05, 0.1) is 4.92 Å². The van der Waals surface area contributed by atoms with Crippen molar-refractivity contribution in [3.63, 3.8) is 0 Å². The summed E-state index contributed by atoms with van der Waals surface area (Å²) < 4.78 is 0. The van der Waals surface area contributed by atoms with Crippen LogP contribution in [0.1, 0.15) is 19.4 Å². The standard InChI is InChI=1S/C17H20N4O5/c1-5-20-10(2)17(14(22)18(3)16(24)19(4)15(17)23)9-11-8-12(21(25)26)6-7-13(11)20/h6-8,10H,5,9H2,1-4H3/t10-/m0/s1. The van der Waals surface area contributed by atoms with Crippen LogP contribution in [0.2, 0.25) is 0 Å². The Hall–Kier alpha value is -2.97. The topological polar surface area (TPSA) is 104 Å². The smallest absolute Gasteiger partial charge is 0.332 e. The van der Waals surface area contributed by atoms with Crippen molar-refractivity contribution in [1.29, 1.82) is 0 Å². The lowest BCUT2D eigenvalue weighted by Crippen LogP contribution is -2.70. The first-order chi connectivity index (χ1) is 12.2. The number of barbiturate groups is 1. The number of nitrogens with zero attached hydrogens (tertiary/aromatic N) is 4. The van der Waals surface area contributed by atoms with Crippen LogP contribution in [0.15, 0.2) is 18.2 Å². The van der Waals surface area contributed by atoms with E-state index in [9.17, 15) is 24.5 Å². The van der Waals surface area contributed by atoms with Gasteiger partial charge in [0.15, 0.2) is 5.41 Å². The fraction of sp³-hybridized carbons (Fsp3) is 0.471. The molecular formula is C17H20N4O5. The minimum Gasteiger partial charge on any atom is -0.367 e. The summed E-state index contributed by atoms with van der Waals surface area (Å²) in [7, 11) is 2.70. The van der Waals surface area contributed by atoms with E-state index in [0.717, 1.165) is 15.5 Å². The molecule has 0 unspecified atom stereocenters. The van der Waals surface area contributed by atoms with Gasteiger partial charge in [-0.1, -0.05) is 0 Å². The maximum absolute atomic E-state index is 13.1. The molecule has 0 aromatic heterocycles. The number of nitro benzene ring substituents is 1. The number of anilines is 1. The van der Waals surface area contributed by atoms with Crippen LogP contribution in [0.3, 0.4) is 0 Å². The van der Waals surface area contributed by atoms with Gasteiger partial charge in [-0.25, -0.2) is 4.79 Å². The molecule has 0 saturated carbocycles. The van der Waals surface area contributed by atoms with E-state index >= 15 is 0 Å². The lowest BCUT2D eigenvalue weighted by atomic mass is 9.68. The van der Waals surface area contributed by atoms with E-state index < -0.39 is 34.2 Å². The zero-order valence-corrected chi connectivity index (χ0v) is 15.1. The summed E-state index contributed by atoms with van der Waals surface area (Å²) in [6.07, 6.45) is 0.0152. The third-order valence-electron chi connectivity index (χ3n) is 5.52. The van der Waals surface area contributed by atoms with E-state index in [1.165, 1.54) is 26.2 Å². The van der Waals surface area contributed by atoms with Gasteiger partial charge in [-0.2, -0.15) is 0 Å². The summed E-state index contributed by atoms with van der Waals surface area (Å²) in [5.41, 5.74) is -0.274. The van der Waals surface area contributed by atoms with Crippen molar-refractivity contribution in [3.05, 3.63) is 33.9 Å². The average Bonchev–Trinajstić information content (AvgIpc) is 2.63. The number of rotatable bonds is 2. The maximum atomic E-state index is 13.1. The summed E-state index contributed by atoms with van der Waals surface area (Å²) in [5.74, 6) is -1.15. The Labute approximate surface area is 150 Å². The van der Waals surface area contributed by atoms with Gasteiger partial charge in [-0.15, -0.1) is 0 Å². The first kappa shape index (κ1) is 17.8. The van der Waals surface area contributed by atoms with Gasteiger partial charge in [0, 0.05) is 50.9 Å². The third kappa shape index (κ3) is 2.12. The van der Waals surface area contributed by atoms with Crippen LogP contribution in [-0.4, -0.2) is 59.3 Å². The predicted octanol–water partition coefficient (Wildman–Crippen LogP) is 1.40. The van der Waals surface area contributed by atoms with E-state index in [0.29, 0.717) is 12.1 Å². The van der Waals surface area contributed by atoms with Crippen molar-refractivity contribution >= 4 is 29.2 Å². The molecule has 1 spiro atoms. The molecule has 2 aliphatic rings. The molecule has 1 saturated heterocycles. The molecule has 0 radical (unpaired) electrons. The second-order valence-electron chi connectivity index (χ2n) is 6.69. The van der Waals surface area contributed by atoms with Gasteiger partial charge < -0.3 is 4.90 Å². The van der Waals surface area contributed by atoms with Crippen LogP contribution in [0, 0.1) is 15.5 Å². The highest BCUT2D eigenvalue weighted by atomic mass is 16.6. The fourth-order valence-electron chi connectivity index (χ4n) is 4.07. The lowest BCUT2D eigenvalue weighted by Gasteiger charge is -2.51. The van der Waals surface area contributed by atoms with E-state index in [2.05, 4.69) is 0 Å². The highest BCUT2D eigenvalue weighted by Crippen LogP contribution is 2.46. The van der Waals surface area contributed by atoms with Gasteiger partial charge in [0.1, 0.15) is 0 Å². The molecule has 0 N–H and O–H groups in total. The van der Waals surface area contributed by atoms with E-state index in [-0.39, 0.29) is 12.1 Å². The molecule has 138 valence electrons. The van der Waals surface area contributed by atoms with Crippen LogP contribution in [-0.2, 0) is 16.0 Å². The summed E-state index contributed by atoms with van der Waals surface area (Å²) in [6.45, 7) is 4.17. The molecule has 1 aromatic carbocycles. The number of hydrogen-bond donors (Lipinski definition) is 0. The fourth-order valence-corrected chi connectivity index (χ4v) is 4.07. The Kier molecular flexibility index (Phi) is 3.97. The molecule has 1 aromatic rings. The number of fused-ring (bicyclic) bond motifs is 1. The molecule has 9 nitrogen and oxygen atoms in total. The number of carbonyl (C=O) groups is 3. The van der Waals surface area contributed by atoms with Gasteiger partial charge in [0.2, 0.25) is 11.8 Å². The van der Waals surface area contributed by atoms with Crippen molar-refractivity contribution in [1.82, 2.24) is 9.80 Å². The van der Waals surface area contributed by atoms with Gasteiger partial charge in [-0.3, -0.25) is 29.5 Å². The molecule has 9 heteroatoms. The zero-order chi connectivity index (χ0) is 19.4. The van der Waals surface area contributed by atoms with Gasteiger partial charge in [0.25, 0.3) is 5.69 Å². The highest BCUT2D eigenvalue weighted by Gasteiger charge is 2.61. The van der Waals surface area contributed by atoms with Gasteiger partial charge in [-0.05, 0) is 25.5 Å². The third-order valence-corrected chi connectivity index (χ3v) is 5.52. The summed E-state index contributed by atoms with van der Waals surface area (Å²) in [5, 5.41) is 11.1. The molecule has 3 rings (SSSR count). The molecule has 1 atom stereocenters. The van der Waals surface area contributed by atoms with Crippen molar-refractivity contribution in [3.8, 4) is 0 Å². The number of nitro groups is 1. The number of benzene rings is 1. The molecule has 2 aliphatic heterocycles. The van der Waals surface area contributed by atoms with Crippen LogP contribution < -0.4 is 4.90 Å². The second kappa shape index (κ2) is 5.79. The van der Waals surface area contributed by atoms with Crippen molar-refractivity contribution in [2.45, 2.75) is 26.3 Å². The average molecular weight is 360 g/mol. The summed E-state index contributed by atoms with van der Waals surface area (Å²) in [4.78, 5) is 52.7. The molecular weight excluding hydrogens is 340 g/mol. The van der Waals surface area contributed by atoms with Gasteiger partial charge >= 0.3 is 6.03 Å². The number of urea groups is 1. The van der Waals surface area contributed by atoms with Crippen LogP contribution in [0.4, 0.5) is 16.2 Å². The van der Waals surface area contributed by atoms with Crippen LogP contribution in [0.5, 0.6) is 0 Å². The molecule has 26 heavy (non-hydrogen) atoms. The number of non-ortho nitro benzene ring substituents is 1.